The molecule has 0 saturated carbocycles. The Morgan fingerprint density at radius 2 is 1.92 bits per heavy atom. The molecule has 3 N–H and O–H groups in total. The zero-order valence-electron chi connectivity index (χ0n) is 14.1. The van der Waals surface area contributed by atoms with Gasteiger partial charge in [-0.25, -0.2) is 9.07 Å². The summed E-state index contributed by atoms with van der Waals surface area (Å²) in [6, 6.07) is 12.6. The van der Waals surface area contributed by atoms with Crippen LogP contribution in [0.4, 0.5) is 4.39 Å². The number of hydrogen-bond acceptors (Lipinski definition) is 3. The van der Waals surface area contributed by atoms with Gasteiger partial charge in [0, 0.05) is 12.1 Å². The van der Waals surface area contributed by atoms with Crippen molar-refractivity contribution < 1.29 is 14.0 Å². The molecule has 0 aliphatic heterocycles. The van der Waals surface area contributed by atoms with Gasteiger partial charge in [0.25, 0.3) is 5.91 Å². The number of nitrogens with zero attached hydrogens (tertiary/aromatic N) is 2. The number of carbonyl (C=O) groups excluding carboxylic acids is 2. The SMILES string of the molecule is Cc1c(C(=O)NCc2cccc(C(N)=O)c2)cnn1-c1ccc(F)cc1. The van der Waals surface area contributed by atoms with Crippen LogP contribution in [-0.4, -0.2) is 21.6 Å². The van der Waals surface area contributed by atoms with Crippen molar-refractivity contribution >= 4 is 11.8 Å². The van der Waals surface area contributed by atoms with E-state index in [0.29, 0.717) is 22.5 Å². The molecule has 26 heavy (non-hydrogen) atoms. The van der Waals surface area contributed by atoms with Crippen LogP contribution < -0.4 is 11.1 Å². The van der Waals surface area contributed by atoms with E-state index in [2.05, 4.69) is 10.4 Å². The number of primary amides is 1. The van der Waals surface area contributed by atoms with E-state index in [0.717, 1.165) is 5.56 Å². The van der Waals surface area contributed by atoms with Crippen LogP contribution in [0.25, 0.3) is 5.69 Å². The summed E-state index contributed by atoms with van der Waals surface area (Å²) in [5.74, 6) is -1.15. The van der Waals surface area contributed by atoms with Crippen LogP contribution in [-0.2, 0) is 6.54 Å². The first-order chi connectivity index (χ1) is 12.5. The van der Waals surface area contributed by atoms with E-state index in [-0.39, 0.29) is 18.3 Å². The molecule has 0 bridgehead atoms. The molecule has 3 rings (SSSR count). The van der Waals surface area contributed by atoms with E-state index in [1.54, 1.807) is 48.0 Å². The number of carbonyl (C=O) groups is 2. The van der Waals surface area contributed by atoms with Gasteiger partial charge in [-0.05, 0) is 48.9 Å². The molecule has 0 radical (unpaired) electrons. The molecule has 0 atom stereocenters. The van der Waals surface area contributed by atoms with Gasteiger partial charge in [-0.2, -0.15) is 5.10 Å². The highest BCUT2D eigenvalue weighted by Gasteiger charge is 2.15. The Bertz CT molecular complexity index is 964. The number of nitrogens with one attached hydrogen (secondary N) is 1. The van der Waals surface area contributed by atoms with E-state index < -0.39 is 5.91 Å². The Morgan fingerprint density at radius 3 is 2.62 bits per heavy atom. The van der Waals surface area contributed by atoms with Gasteiger partial charge in [0.15, 0.2) is 0 Å². The van der Waals surface area contributed by atoms with Crippen LogP contribution in [0, 0.1) is 12.7 Å². The Morgan fingerprint density at radius 1 is 1.19 bits per heavy atom. The van der Waals surface area contributed by atoms with Crippen LogP contribution in [0.15, 0.2) is 54.7 Å². The maximum Gasteiger partial charge on any atom is 0.255 e. The highest BCUT2D eigenvalue weighted by atomic mass is 19.1. The van der Waals surface area contributed by atoms with Crippen molar-refractivity contribution in [3.05, 3.63) is 82.9 Å². The maximum atomic E-state index is 13.1. The zero-order valence-corrected chi connectivity index (χ0v) is 14.1. The third-order valence-corrected chi connectivity index (χ3v) is 3.99. The summed E-state index contributed by atoms with van der Waals surface area (Å²) in [6.45, 7) is 2.01. The maximum absolute atomic E-state index is 13.1. The van der Waals surface area contributed by atoms with E-state index in [1.807, 2.05) is 0 Å². The van der Waals surface area contributed by atoms with Crippen molar-refractivity contribution in [2.45, 2.75) is 13.5 Å². The topological polar surface area (TPSA) is 90.0 Å². The Hall–Kier alpha value is -3.48. The fourth-order valence-electron chi connectivity index (χ4n) is 2.59. The zero-order chi connectivity index (χ0) is 18.7. The van der Waals surface area contributed by atoms with E-state index in [1.165, 1.54) is 18.3 Å². The smallest absolute Gasteiger partial charge is 0.255 e. The molecule has 0 spiro atoms. The molecule has 0 fully saturated rings. The van der Waals surface area contributed by atoms with Crippen molar-refractivity contribution in [3.63, 3.8) is 0 Å². The van der Waals surface area contributed by atoms with Crippen LogP contribution in [0.3, 0.4) is 0 Å². The first kappa shape index (κ1) is 17.3. The molecule has 0 unspecified atom stereocenters. The van der Waals surface area contributed by atoms with Gasteiger partial charge >= 0.3 is 0 Å². The van der Waals surface area contributed by atoms with Crippen LogP contribution >= 0.6 is 0 Å². The van der Waals surface area contributed by atoms with E-state index >= 15 is 0 Å². The highest BCUT2D eigenvalue weighted by Crippen LogP contribution is 2.15. The van der Waals surface area contributed by atoms with Crippen molar-refractivity contribution in [1.82, 2.24) is 15.1 Å². The number of aromatic nitrogens is 2. The lowest BCUT2D eigenvalue weighted by Gasteiger charge is -2.07. The second kappa shape index (κ2) is 7.18. The number of amides is 2. The van der Waals surface area contributed by atoms with Crippen LogP contribution in [0.5, 0.6) is 0 Å². The average molecular weight is 352 g/mol. The van der Waals surface area contributed by atoms with E-state index in [9.17, 15) is 14.0 Å². The van der Waals surface area contributed by atoms with Crippen molar-refractivity contribution in [1.29, 1.82) is 0 Å². The number of rotatable bonds is 5. The second-order valence-electron chi connectivity index (χ2n) is 5.78. The summed E-state index contributed by atoms with van der Waals surface area (Å²) in [5.41, 5.74) is 8.12. The normalized spacial score (nSPS) is 10.5. The largest absolute Gasteiger partial charge is 0.366 e. The third kappa shape index (κ3) is 3.61. The minimum Gasteiger partial charge on any atom is -0.366 e. The molecule has 1 aromatic heterocycles. The molecule has 3 aromatic rings. The standard InChI is InChI=1S/C19H17FN4O2/c1-12-17(11-23-24(12)16-7-5-15(20)6-8-16)19(26)22-10-13-3-2-4-14(9-13)18(21)25/h2-9,11H,10H2,1H3,(H2,21,25)(H,22,26). The number of nitrogens with two attached hydrogens (primary N) is 1. The molecule has 1 heterocycles. The summed E-state index contributed by atoms with van der Waals surface area (Å²) in [7, 11) is 0. The summed E-state index contributed by atoms with van der Waals surface area (Å²) in [4.78, 5) is 23.7. The van der Waals surface area contributed by atoms with Gasteiger partial charge in [0.1, 0.15) is 5.82 Å². The van der Waals surface area contributed by atoms with Crippen molar-refractivity contribution in [3.8, 4) is 5.69 Å². The quantitative estimate of drug-likeness (QED) is 0.738. The predicted molar refractivity (Wildman–Crippen MR) is 94.4 cm³/mol. The Balaban J connectivity index is 1.74. The lowest BCUT2D eigenvalue weighted by atomic mass is 10.1. The summed E-state index contributed by atoms with van der Waals surface area (Å²) in [5, 5.41) is 6.99. The van der Waals surface area contributed by atoms with Gasteiger partial charge in [-0.3, -0.25) is 9.59 Å². The van der Waals surface area contributed by atoms with Crippen LogP contribution in [0.2, 0.25) is 0 Å². The molecular weight excluding hydrogens is 335 g/mol. The van der Waals surface area contributed by atoms with Gasteiger partial charge in [0.05, 0.1) is 23.1 Å². The average Bonchev–Trinajstić information content (AvgIpc) is 3.02. The first-order valence-corrected chi connectivity index (χ1v) is 7.93. The minimum atomic E-state index is -0.519. The van der Waals surface area contributed by atoms with E-state index in [4.69, 9.17) is 5.73 Å². The predicted octanol–water partition coefficient (Wildman–Crippen LogP) is 2.35. The van der Waals surface area contributed by atoms with Crippen molar-refractivity contribution in [2.75, 3.05) is 0 Å². The fourth-order valence-corrected chi connectivity index (χ4v) is 2.59. The molecular formula is C19H17FN4O2. The molecule has 7 heteroatoms. The van der Waals surface area contributed by atoms with Crippen molar-refractivity contribution in [2.24, 2.45) is 5.73 Å². The summed E-state index contributed by atoms with van der Waals surface area (Å²) in [6.07, 6.45) is 1.47. The van der Waals surface area contributed by atoms with Gasteiger partial charge in [-0.1, -0.05) is 12.1 Å². The highest BCUT2D eigenvalue weighted by molar-refractivity contribution is 5.95. The number of hydrogen-bond donors (Lipinski definition) is 2. The monoisotopic (exact) mass is 352 g/mol. The van der Waals surface area contributed by atoms with Gasteiger partial charge < -0.3 is 11.1 Å². The van der Waals surface area contributed by atoms with Gasteiger partial charge in [0.2, 0.25) is 5.91 Å². The molecule has 0 saturated heterocycles. The number of benzene rings is 2. The first-order valence-electron chi connectivity index (χ1n) is 7.93. The van der Waals surface area contributed by atoms with Gasteiger partial charge in [-0.15, -0.1) is 0 Å². The third-order valence-electron chi connectivity index (χ3n) is 3.99. The molecule has 6 nitrogen and oxygen atoms in total. The van der Waals surface area contributed by atoms with Crippen LogP contribution in [0.1, 0.15) is 32.0 Å². The molecule has 0 aliphatic carbocycles. The molecule has 0 aliphatic rings. The molecule has 132 valence electrons. The summed E-state index contributed by atoms with van der Waals surface area (Å²) < 4.78 is 14.6. The number of halogens is 1. The second-order valence-corrected chi connectivity index (χ2v) is 5.78. The Kier molecular flexibility index (Phi) is 4.79. The lowest BCUT2D eigenvalue weighted by molar-refractivity contribution is 0.0949. The fraction of sp³-hybridized carbons (Fsp3) is 0.105. The molecule has 2 aromatic carbocycles. The molecule has 2 amide bonds. The summed E-state index contributed by atoms with van der Waals surface area (Å²) >= 11 is 0. The minimum absolute atomic E-state index is 0.251. The lowest BCUT2D eigenvalue weighted by Crippen LogP contribution is -2.23. The Labute approximate surface area is 149 Å².